The second-order valence-electron chi connectivity index (χ2n) is 4.13. The highest BCUT2D eigenvalue weighted by Gasteiger charge is 2.49. The summed E-state index contributed by atoms with van der Waals surface area (Å²) in [7, 11) is 0. The lowest BCUT2D eigenvalue weighted by atomic mass is 9.89. The minimum atomic E-state index is -0.800. The minimum absolute atomic E-state index is 0.123. The van der Waals surface area contributed by atoms with E-state index in [-0.39, 0.29) is 18.0 Å². The van der Waals surface area contributed by atoms with Crippen molar-refractivity contribution in [3.05, 3.63) is 0 Å². The number of hydrogen-bond acceptors (Lipinski definition) is 2. The van der Waals surface area contributed by atoms with E-state index < -0.39 is 5.97 Å². The topological polar surface area (TPSA) is 78.4 Å². The van der Waals surface area contributed by atoms with Crippen LogP contribution in [0.3, 0.4) is 0 Å². The number of hydrogen-bond donors (Lipinski definition) is 3. The largest absolute Gasteiger partial charge is 0.481 e. The van der Waals surface area contributed by atoms with Crippen molar-refractivity contribution in [2.24, 2.45) is 5.92 Å². The maximum Gasteiger partial charge on any atom is 0.315 e. The molecular formula is C9H14N2O3. The van der Waals surface area contributed by atoms with E-state index in [1.54, 1.807) is 0 Å². The first kappa shape index (κ1) is 9.30. The smallest absolute Gasteiger partial charge is 0.315 e. The Balaban J connectivity index is 1.99. The zero-order valence-corrected chi connectivity index (χ0v) is 7.88. The molecule has 5 heteroatoms. The minimum Gasteiger partial charge on any atom is -0.481 e. The molecule has 2 aliphatic rings. The highest BCUT2D eigenvalue weighted by atomic mass is 16.4. The molecule has 78 valence electrons. The number of carbonyl (C=O) groups is 2. The first-order chi connectivity index (χ1) is 6.62. The molecule has 14 heavy (non-hydrogen) atoms. The molecule has 1 heterocycles. The van der Waals surface area contributed by atoms with Gasteiger partial charge in [0, 0.05) is 13.0 Å². The normalized spacial score (nSPS) is 31.0. The number of nitrogens with one attached hydrogen (secondary N) is 2. The van der Waals surface area contributed by atoms with Gasteiger partial charge in [-0.25, -0.2) is 4.79 Å². The Morgan fingerprint density at radius 2 is 2.29 bits per heavy atom. The lowest BCUT2D eigenvalue weighted by Crippen LogP contribution is -2.46. The lowest BCUT2D eigenvalue weighted by molar-refractivity contribution is -0.137. The number of amides is 2. The summed E-state index contributed by atoms with van der Waals surface area (Å²) < 4.78 is 0. The fourth-order valence-electron chi connectivity index (χ4n) is 2.12. The maximum absolute atomic E-state index is 11.1. The van der Waals surface area contributed by atoms with E-state index >= 15 is 0 Å². The summed E-state index contributed by atoms with van der Waals surface area (Å²) in [6.07, 6.45) is 2.85. The van der Waals surface area contributed by atoms with Crippen LogP contribution in [-0.4, -0.2) is 29.2 Å². The third kappa shape index (κ3) is 1.66. The standard InChI is InChI=1S/C9H14N2O3/c12-7(13)3-4-9(6-1-2-6)5-10-8(14)11-9/h6H,1-5H2,(H,12,13)(H2,10,11,14)/t9-/m1/s1. The van der Waals surface area contributed by atoms with Crippen molar-refractivity contribution < 1.29 is 14.7 Å². The molecule has 3 N–H and O–H groups in total. The van der Waals surface area contributed by atoms with Crippen LogP contribution in [0.4, 0.5) is 4.79 Å². The molecule has 1 aliphatic carbocycles. The molecule has 0 unspecified atom stereocenters. The van der Waals surface area contributed by atoms with Crippen LogP contribution in [0, 0.1) is 5.92 Å². The summed E-state index contributed by atoms with van der Waals surface area (Å²) in [6, 6.07) is -0.165. The predicted octanol–water partition coefficient (Wildman–Crippen LogP) is 0.313. The van der Waals surface area contributed by atoms with E-state index in [0.717, 1.165) is 12.8 Å². The van der Waals surface area contributed by atoms with Crippen LogP contribution < -0.4 is 10.6 Å². The van der Waals surface area contributed by atoms with Crippen LogP contribution in [0.25, 0.3) is 0 Å². The first-order valence-corrected chi connectivity index (χ1v) is 4.90. The second-order valence-corrected chi connectivity index (χ2v) is 4.13. The molecule has 0 bridgehead atoms. The van der Waals surface area contributed by atoms with Crippen molar-refractivity contribution in [3.8, 4) is 0 Å². The van der Waals surface area contributed by atoms with Gasteiger partial charge in [-0.1, -0.05) is 0 Å². The quantitative estimate of drug-likeness (QED) is 0.608. The molecule has 1 aliphatic heterocycles. The molecule has 1 saturated heterocycles. The number of carboxylic acid groups (broad SMARTS) is 1. The summed E-state index contributed by atoms with van der Waals surface area (Å²) in [5.41, 5.74) is -0.282. The summed E-state index contributed by atoms with van der Waals surface area (Å²) in [5, 5.41) is 14.2. The number of aliphatic carboxylic acids is 1. The Hall–Kier alpha value is -1.26. The van der Waals surface area contributed by atoms with E-state index in [1.165, 1.54) is 0 Å². The van der Waals surface area contributed by atoms with Crippen molar-refractivity contribution in [1.29, 1.82) is 0 Å². The number of carboxylic acids is 1. The Bertz CT molecular complexity index is 275. The molecule has 0 aromatic rings. The number of urea groups is 1. The van der Waals surface area contributed by atoms with Crippen molar-refractivity contribution in [3.63, 3.8) is 0 Å². The van der Waals surface area contributed by atoms with E-state index in [9.17, 15) is 9.59 Å². The molecule has 5 nitrogen and oxygen atoms in total. The van der Waals surface area contributed by atoms with Crippen LogP contribution in [0.2, 0.25) is 0 Å². The molecule has 1 saturated carbocycles. The van der Waals surface area contributed by atoms with Crippen LogP contribution in [-0.2, 0) is 4.79 Å². The maximum atomic E-state index is 11.1. The Morgan fingerprint density at radius 3 is 2.71 bits per heavy atom. The van der Waals surface area contributed by atoms with Gasteiger partial charge in [-0.3, -0.25) is 4.79 Å². The van der Waals surface area contributed by atoms with Gasteiger partial charge in [0.25, 0.3) is 0 Å². The fourth-order valence-corrected chi connectivity index (χ4v) is 2.12. The van der Waals surface area contributed by atoms with E-state index in [4.69, 9.17) is 5.11 Å². The van der Waals surface area contributed by atoms with Gasteiger partial charge in [0.15, 0.2) is 0 Å². The molecular weight excluding hydrogens is 184 g/mol. The van der Waals surface area contributed by atoms with Gasteiger partial charge in [0.2, 0.25) is 0 Å². The number of rotatable bonds is 4. The second kappa shape index (κ2) is 3.15. The average Bonchev–Trinajstić information content (AvgIpc) is 2.89. The van der Waals surface area contributed by atoms with Crippen LogP contribution in [0.15, 0.2) is 0 Å². The van der Waals surface area contributed by atoms with Crippen molar-refractivity contribution in [2.45, 2.75) is 31.2 Å². The Kier molecular flexibility index (Phi) is 2.09. The molecule has 0 spiro atoms. The van der Waals surface area contributed by atoms with Gasteiger partial charge in [0.05, 0.1) is 5.54 Å². The Labute approximate surface area is 81.9 Å². The Morgan fingerprint density at radius 1 is 1.57 bits per heavy atom. The van der Waals surface area contributed by atoms with Gasteiger partial charge in [0.1, 0.15) is 0 Å². The van der Waals surface area contributed by atoms with Crippen molar-refractivity contribution in [1.82, 2.24) is 10.6 Å². The van der Waals surface area contributed by atoms with Gasteiger partial charge in [-0.05, 0) is 25.2 Å². The van der Waals surface area contributed by atoms with Crippen LogP contribution in [0.5, 0.6) is 0 Å². The SMILES string of the molecule is O=C(O)CC[C@]1(C2CC2)CNC(=O)N1. The monoisotopic (exact) mass is 198 g/mol. The van der Waals surface area contributed by atoms with Crippen molar-refractivity contribution in [2.75, 3.05) is 6.54 Å². The summed E-state index contributed by atoms with van der Waals surface area (Å²) >= 11 is 0. The fraction of sp³-hybridized carbons (Fsp3) is 0.778. The zero-order chi connectivity index (χ0) is 10.2. The van der Waals surface area contributed by atoms with Crippen LogP contribution in [0.1, 0.15) is 25.7 Å². The van der Waals surface area contributed by atoms with Gasteiger partial charge in [-0.2, -0.15) is 0 Å². The van der Waals surface area contributed by atoms with Gasteiger partial charge < -0.3 is 15.7 Å². The van der Waals surface area contributed by atoms with E-state index in [2.05, 4.69) is 10.6 Å². The summed E-state index contributed by atoms with van der Waals surface area (Å²) in [4.78, 5) is 21.6. The molecule has 0 aromatic heterocycles. The highest BCUT2D eigenvalue weighted by Crippen LogP contribution is 2.43. The third-order valence-corrected chi connectivity index (χ3v) is 3.07. The molecule has 1 atom stereocenters. The molecule has 2 amide bonds. The van der Waals surface area contributed by atoms with Gasteiger partial charge in [-0.15, -0.1) is 0 Å². The predicted molar refractivity (Wildman–Crippen MR) is 48.9 cm³/mol. The highest BCUT2D eigenvalue weighted by molar-refractivity contribution is 5.78. The lowest BCUT2D eigenvalue weighted by Gasteiger charge is -2.27. The first-order valence-electron chi connectivity index (χ1n) is 4.90. The third-order valence-electron chi connectivity index (χ3n) is 3.07. The molecule has 0 aromatic carbocycles. The summed E-state index contributed by atoms with van der Waals surface area (Å²) in [6.45, 7) is 0.573. The van der Waals surface area contributed by atoms with Crippen LogP contribution >= 0.6 is 0 Å². The van der Waals surface area contributed by atoms with Crippen molar-refractivity contribution >= 4 is 12.0 Å². The van der Waals surface area contributed by atoms with E-state index in [1.807, 2.05) is 0 Å². The number of carbonyl (C=O) groups excluding carboxylic acids is 1. The van der Waals surface area contributed by atoms with E-state index in [0.29, 0.717) is 18.9 Å². The molecule has 2 rings (SSSR count). The van der Waals surface area contributed by atoms with Gasteiger partial charge >= 0.3 is 12.0 Å². The summed E-state index contributed by atoms with van der Waals surface area (Å²) in [5.74, 6) is -0.327. The molecule has 2 fully saturated rings. The molecule has 0 radical (unpaired) electrons. The zero-order valence-electron chi connectivity index (χ0n) is 7.88. The average molecular weight is 198 g/mol.